The molecular weight excluding hydrogens is 736 g/mol. The molecule has 2 bridgehead atoms. The number of nitrogens with zero attached hydrogens (tertiary/aromatic N) is 5. The molecule has 1 aromatic heterocycles. The largest absolute Gasteiger partial charge is 0.490 e. The van der Waals surface area contributed by atoms with Gasteiger partial charge in [0.25, 0.3) is 5.91 Å². The minimum Gasteiger partial charge on any atom is -0.490 e. The number of carbonyl (C=O) groups excluding carboxylic acids is 1. The van der Waals surface area contributed by atoms with Crippen LogP contribution in [0.3, 0.4) is 0 Å². The smallest absolute Gasteiger partial charge is 0.264 e. The number of benzene rings is 2. The van der Waals surface area contributed by atoms with Crippen molar-refractivity contribution in [2.24, 2.45) is 17.8 Å². The Hall–Kier alpha value is -3.71. The number of sulfonamides is 1. The van der Waals surface area contributed by atoms with Crippen LogP contribution in [0.5, 0.6) is 5.75 Å². The lowest BCUT2D eigenvalue weighted by Gasteiger charge is -2.52. The molecule has 8 rings (SSSR count). The zero-order valence-corrected chi connectivity index (χ0v) is 33.7. The average Bonchev–Trinajstić information content (AvgIpc) is 3.32. The Kier molecular flexibility index (Phi) is 10.6. The van der Waals surface area contributed by atoms with Gasteiger partial charge in [-0.15, -0.1) is 0 Å². The van der Waals surface area contributed by atoms with E-state index >= 15 is 0 Å². The van der Waals surface area contributed by atoms with Crippen LogP contribution in [0.1, 0.15) is 67.4 Å². The van der Waals surface area contributed by atoms with Crippen molar-refractivity contribution in [3.05, 3.63) is 89.0 Å². The van der Waals surface area contributed by atoms with Crippen molar-refractivity contribution in [3.8, 4) is 5.75 Å². The van der Waals surface area contributed by atoms with Crippen LogP contribution in [0.25, 0.3) is 0 Å². The summed E-state index contributed by atoms with van der Waals surface area (Å²) in [7, 11) is -2.14. The number of hydrogen-bond donors (Lipinski definition) is 1. The summed E-state index contributed by atoms with van der Waals surface area (Å²) >= 11 is 6.51. The van der Waals surface area contributed by atoms with Crippen molar-refractivity contribution in [2.45, 2.75) is 68.6 Å². The number of halogens is 1. The Morgan fingerprint density at radius 2 is 1.84 bits per heavy atom. The fraction of sp³-hybridized carbons (Fsp3) is 0.548. The summed E-state index contributed by atoms with van der Waals surface area (Å²) in [6, 6.07) is 11.6. The summed E-state index contributed by atoms with van der Waals surface area (Å²) in [6.07, 6.45) is 15.3. The van der Waals surface area contributed by atoms with E-state index in [4.69, 9.17) is 21.1 Å². The van der Waals surface area contributed by atoms with Crippen LogP contribution in [0, 0.1) is 17.8 Å². The highest BCUT2D eigenvalue weighted by Gasteiger charge is 2.50. The zero-order valence-electron chi connectivity index (χ0n) is 32.1. The predicted octanol–water partition coefficient (Wildman–Crippen LogP) is 5.88. The van der Waals surface area contributed by atoms with Gasteiger partial charge in [-0.3, -0.25) is 9.69 Å². The molecule has 3 aliphatic heterocycles. The van der Waals surface area contributed by atoms with Crippen LogP contribution >= 0.6 is 11.6 Å². The minimum absolute atomic E-state index is 0.228. The first-order valence-electron chi connectivity index (χ1n) is 19.8. The van der Waals surface area contributed by atoms with Crippen LogP contribution in [0.15, 0.2) is 67.3 Å². The first-order valence-corrected chi connectivity index (χ1v) is 21.7. The molecule has 1 amide bonds. The third-order valence-electron chi connectivity index (χ3n) is 13.4. The first kappa shape index (κ1) is 38.2. The molecule has 2 aromatic carbocycles. The van der Waals surface area contributed by atoms with Crippen LogP contribution in [0.2, 0.25) is 5.02 Å². The Morgan fingerprint density at radius 1 is 1.04 bits per heavy atom. The van der Waals surface area contributed by atoms with Crippen LogP contribution in [0.4, 0.5) is 11.4 Å². The van der Waals surface area contributed by atoms with Gasteiger partial charge in [0.2, 0.25) is 10.0 Å². The van der Waals surface area contributed by atoms with E-state index in [1.54, 1.807) is 19.3 Å². The normalized spacial score (nSPS) is 31.6. The Labute approximate surface area is 330 Å². The van der Waals surface area contributed by atoms with Crippen molar-refractivity contribution in [1.82, 2.24) is 19.6 Å². The number of hydrogen-bond acceptors (Lipinski definition) is 10. The Balaban J connectivity index is 1.16. The summed E-state index contributed by atoms with van der Waals surface area (Å²) in [5.74, 6) is 0.381. The van der Waals surface area contributed by atoms with E-state index in [0.717, 1.165) is 87.8 Å². The lowest BCUT2D eigenvalue weighted by molar-refractivity contribution is -0.0919. The molecule has 1 spiro atoms. The molecule has 294 valence electrons. The maximum absolute atomic E-state index is 13.7. The van der Waals surface area contributed by atoms with Crippen molar-refractivity contribution in [2.75, 3.05) is 69.3 Å². The fourth-order valence-electron chi connectivity index (χ4n) is 9.78. The van der Waals surface area contributed by atoms with E-state index in [2.05, 4.69) is 53.7 Å². The van der Waals surface area contributed by atoms with E-state index in [9.17, 15) is 13.2 Å². The van der Waals surface area contributed by atoms with Gasteiger partial charge in [0.15, 0.2) is 0 Å². The van der Waals surface area contributed by atoms with Crippen molar-refractivity contribution >= 4 is 38.9 Å². The van der Waals surface area contributed by atoms with Gasteiger partial charge >= 0.3 is 0 Å². The second kappa shape index (κ2) is 15.3. The van der Waals surface area contributed by atoms with Gasteiger partial charge in [-0.1, -0.05) is 36.7 Å². The molecule has 0 unspecified atom stereocenters. The molecule has 6 atom stereocenters. The lowest BCUT2D eigenvalue weighted by atomic mass is 9.63. The van der Waals surface area contributed by atoms with E-state index in [1.807, 2.05) is 44.6 Å². The maximum atomic E-state index is 13.7. The standard InChI is InChI=1S/C42H53ClN6O5S/c1-29-6-4-15-42(53-3,26-47-16-18-48(19-17-47)35-22-44-28-45-23-35)37-11-8-33(37)24-49-25-41(14-5-7-31-20-34(43)10-12-36(31)41)27-54-39-13-9-32(21-38(39)49)40(50)46-55(51,52)30(29)2/h4,9-10,12-13,15,20-23,28-30,33,37H,5-8,11,14,16-19,24-27H2,1-3H3,(H,46,50)/b15-4+/t29-,30+,33-,37+,41-,42+/m0/s1. The fourth-order valence-corrected chi connectivity index (χ4v) is 11.3. The second-order valence-electron chi connectivity index (χ2n) is 16.5. The number of fused-ring (bicyclic) bond motifs is 4. The topological polar surface area (TPSA) is 117 Å². The van der Waals surface area contributed by atoms with E-state index in [-0.39, 0.29) is 17.3 Å². The summed E-state index contributed by atoms with van der Waals surface area (Å²) in [5, 5.41) is -0.0532. The number of anilines is 2. The molecule has 1 saturated heterocycles. The number of allylic oxidation sites excluding steroid dienone is 1. The SMILES string of the molecule is CO[C@@]1(CN2CCN(c3cncnc3)CC2)/C=C/C[C@H](C)[C@@H](C)S(=O)(=O)NC(=O)c2ccc3c(c2)N(C[C@@H]2CC[C@H]21)C[C@@]1(CCCc2cc(Cl)ccc21)CO3. The quantitative estimate of drug-likeness (QED) is 0.322. The minimum atomic E-state index is -3.97. The molecule has 2 fully saturated rings. The van der Waals surface area contributed by atoms with Crippen LogP contribution in [-0.4, -0.2) is 99.6 Å². The summed E-state index contributed by atoms with van der Waals surface area (Å²) < 4.78 is 43.1. The predicted molar refractivity (Wildman–Crippen MR) is 216 cm³/mol. The molecule has 11 nitrogen and oxygen atoms in total. The summed E-state index contributed by atoms with van der Waals surface area (Å²) in [4.78, 5) is 29.4. The molecule has 13 heteroatoms. The summed E-state index contributed by atoms with van der Waals surface area (Å²) in [5.41, 5.74) is 3.84. The maximum Gasteiger partial charge on any atom is 0.264 e. The number of piperazine rings is 1. The molecule has 1 saturated carbocycles. The monoisotopic (exact) mass is 788 g/mol. The van der Waals surface area contributed by atoms with Gasteiger partial charge in [0.1, 0.15) is 17.7 Å². The summed E-state index contributed by atoms with van der Waals surface area (Å²) in [6.45, 7) is 9.79. The van der Waals surface area contributed by atoms with Crippen LogP contribution in [-0.2, 0) is 26.6 Å². The molecule has 2 aliphatic carbocycles. The van der Waals surface area contributed by atoms with Gasteiger partial charge in [-0.2, -0.15) is 0 Å². The number of ether oxygens (including phenoxy) is 2. The second-order valence-corrected chi connectivity index (χ2v) is 19.0. The highest BCUT2D eigenvalue weighted by atomic mass is 35.5. The number of nitrogens with one attached hydrogen (secondary N) is 1. The molecule has 1 N–H and O–H groups in total. The number of methoxy groups -OCH3 is 1. The molecule has 5 aliphatic rings. The van der Waals surface area contributed by atoms with Gasteiger partial charge in [-0.05, 0) is 105 Å². The van der Waals surface area contributed by atoms with Gasteiger partial charge in [0.05, 0.1) is 35.6 Å². The average molecular weight is 789 g/mol. The first-order chi connectivity index (χ1) is 26.5. The number of amides is 1. The molecule has 3 aromatic rings. The third-order valence-corrected chi connectivity index (χ3v) is 15.5. The molecule has 4 heterocycles. The van der Waals surface area contributed by atoms with E-state index in [1.165, 1.54) is 11.1 Å². The number of carbonyl (C=O) groups is 1. The highest BCUT2D eigenvalue weighted by molar-refractivity contribution is 7.90. The number of aromatic nitrogens is 2. The molecule has 55 heavy (non-hydrogen) atoms. The third kappa shape index (κ3) is 7.47. The number of rotatable bonds is 4. The Morgan fingerprint density at radius 3 is 2.58 bits per heavy atom. The molecular formula is C42H53ClN6O5S. The van der Waals surface area contributed by atoms with Gasteiger partial charge in [0, 0.05) is 68.9 Å². The van der Waals surface area contributed by atoms with Crippen LogP contribution < -0.4 is 19.3 Å². The highest BCUT2D eigenvalue weighted by Crippen LogP contribution is 2.49. The van der Waals surface area contributed by atoms with Gasteiger partial charge in [-0.25, -0.2) is 23.1 Å². The molecule has 0 radical (unpaired) electrons. The van der Waals surface area contributed by atoms with E-state index in [0.29, 0.717) is 36.8 Å². The van der Waals surface area contributed by atoms with Gasteiger partial charge < -0.3 is 19.3 Å². The van der Waals surface area contributed by atoms with Crippen molar-refractivity contribution < 1.29 is 22.7 Å². The lowest BCUT2D eigenvalue weighted by Crippen LogP contribution is -2.59. The van der Waals surface area contributed by atoms with E-state index < -0.39 is 26.8 Å². The zero-order chi connectivity index (χ0) is 38.4. The Bertz CT molecular complexity index is 2030. The number of aryl methyl sites for hydroxylation is 1. The van der Waals surface area contributed by atoms with Crippen molar-refractivity contribution in [1.29, 1.82) is 0 Å². The van der Waals surface area contributed by atoms with Crippen molar-refractivity contribution in [3.63, 3.8) is 0 Å².